The van der Waals surface area contributed by atoms with Gasteiger partial charge in [-0.05, 0) is 37.3 Å². The lowest BCUT2D eigenvalue weighted by molar-refractivity contribution is -0.121. The number of carbonyl (C=O) groups excluding carboxylic acids is 2. The van der Waals surface area contributed by atoms with Gasteiger partial charge in [-0.2, -0.15) is 0 Å². The summed E-state index contributed by atoms with van der Waals surface area (Å²) in [6.45, 7) is 6.39. The molecule has 164 valence electrons. The second kappa shape index (κ2) is 9.77. The third-order valence-corrected chi connectivity index (χ3v) is 7.42. The summed E-state index contributed by atoms with van der Waals surface area (Å²) in [5.41, 5.74) is 8.38. The fourth-order valence-corrected chi connectivity index (χ4v) is 5.67. The summed E-state index contributed by atoms with van der Waals surface area (Å²) in [5.74, 6) is -0.514. The van der Waals surface area contributed by atoms with Crippen molar-refractivity contribution in [3.8, 4) is 0 Å². The molecule has 1 aromatic carbocycles. The average molecular weight is 439 g/mol. The summed E-state index contributed by atoms with van der Waals surface area (Å²) in [6.07, 6.45) is 7.24. The molecular weight excluding hydrogens is 408 g/mol. The summed E-state index contributed by atoms with van der Waals surface area (Å²) in [5, 5.41) is 3.62. The Hall–Kier alpha value is -2.48. The largest absolute Gasteiger partial charge is 0.365 e. The van der Waals surface area contributed by atoms with Crippen LogP contribution in [0.2, 0.25) is 0 Å². The van der Waals surface area contributed by atoms with Gasteiger partial charge in [0.05, 0.1) is 11.6 Å². The van der Waals surface area contributed by atoms with Crippen LogP contribution in [0.15, 0.2) is 36.4 Å². The predicted molar refractivity (Wildman–Crippen MR) is 126 cm³/mol. The van der Waals surface area contributed by atoms with Gasteiger partial charge < -0.3 is 11.1 Å². The number of fused-ring (bicyclic) bond motifs is 1. The number of benzene rings is 1. The number of aryl methyl sites for hydroxylation is 1. The molecule has 1 aliphatic carbocycles. The molecule has 7 heteroatoms. The number of hydrogen-bond acceptors (Lipinski definition) is 5. The van der Waals surface area contributed by atoms with Crippen LogP contribution in [0.4, 0.5) is 5.00 Å². The van der Waals surface area contributed by atoms with Crippen molar-refractivity contribution >= 4 is 34.2 Å². The van der Waals surface area contributed by atoms with Crippen molar-refractivity contribution in [2.75, 3.05) is 38.0 Å². The standard InChI is InChI=1S/C24H30N4O2S/c1-17(23(30)26-24-21(22(25)29)19-10-5-11-20(19)31-24)28-15-13-27(14-16-28)12-6-9-18-7-3-2-4-8-18/h2-4,6-9,17H,5,10-16H2,1H3,(H2,25,29)(H,26,30)/b9-6+. The van der Waals surface area contributed by atoms with Crippen LogP contribution < -0.4 is 11.1 Å². The second-order valence-corrected chi connectivity index (χ2v) is 9.35. The molecule has 1 aromatic heterocycles. The van der Waals surface area contributed by atoms with Gasteiger partial charge in [0.25, 0.3) is 5.91 Å². The van der Waals surface area contributed by atoms with Crippen LogP contribution in [0.5, 0.6) is 0 Å². The van der Waals surface area contributed by atoms with Gasteiger partial charge in [0.2, 0.25) is 5.91 Å². The van der Waals surface area contributed by atoms with Gasteiger partial charge in [-0.3, -0.25) is 19.4 Å². The van der Waals surface area contributed by atoms with E-state index >= 15 is 0 Å². The Morgan fingerprint density at radius 1 is 1.16 bits per heavy atom. The minimum Gasteiger partial charge on any atom is -0.365 e. The molecule has 2 heterocycles. The summed E-state index contributed by atoms with van der Waals surface area (Å²) >= 11 is 1.51. The summed E-state index contributed by atoms with van der Waals surface area (Å²) in [4.78, 5) is 30.7. The first kappa shape index (κ1) is 21.7. The van der Waals surface area contributed by atoms with Crippen LogP contribution in [-0.4, -0.2) is 60.4 Å². The molecular formula is C24H30N4O2S. The van der Waals surface area contributed by atoms with Crippen LogP contribution in [0, 0.1) is 0 Å². The van der Waals surface area contributed by atoms with Gasteiger partial charge in [0.15, 0.2) is 0 Å². The molecule has 1 aliphatic heterocycles. The zero-order valence-corrected chi connectivity index (χ0v) is 18.8. The Morgan fingerprint density at radius 2 is 1.90 bits per heavy atom. The maximum absolute atomic E-state index is 12.9. The number of rotatable bonds is 7. The molecule has 2 aromatic rings. The van der Waals surface area contributed by atoms with Gasteiger partial charge in [-0.15, -0.1) is 11.3 Å². The number of nitrogens with one attached hydrogen (secondary N) is 1. The summed E-state index contributed by atoms with van der Waals surface area (Å²) < 4.78 is 0. The van der Waals surface area contributed by atoms with Gasteiger partial charge in [-0.25, -0.2) is 0 Å². The van der Waals surface area contributed by atoms with Crippen molar-refractivity contribution in [3.63, 3.8) is 0 Å². The summed E-state index contributed by atoms with van der Waals surface area (Å²) in [6, 6.07) is 10.1. The Balaban J connectivity index is 1.29. The number of anilines is 1. The van der Waals surface area contributed by atoms with Gasteiger partial charge >= 0.3 is 0 Å². The van der Waals surface area contributed by atoms with Crippen LogP contribution in [0.25, 0.3) is 6.08 Å². The molecule has 1 unspecified atom stereocenters. The van der Waals surface area contributed by atoms with E-state index in [4.69, 9.17) is 5.73 Å². The van der Waals surface area contributed by atoms with Gasteiger partial charge in [0, 0.05) is 37.6 Å². The highest BCUT2D eigenvalue weighted by molar-refractivity contribution is 7.17. The Labute approximate surface area is 187 Å². The van der Waals surface area contributed by atoms with E-state index < -0.39 is 5.91 Å². The maximum Gasteiger partial charge on any atom is 0.251 e. The maximum atomic E-state index is 12.9. The van der Waals surface area contributed by atoms with Crippen LogP contribution in [0.3, 0.4) is 0 Å². The molecule has 2 amide bonds. The molecule has 1 saturated heterocycles. The fraction of sp³-hybridized carbons (Fsp3) is 0.417. The Morgan fingerprint density at radius 3 is 2.61 bits per heavy atom. The van der Waals surface area contributed by atoms with Crippen molar-refractivity contribution in [1.82, 2.24) is 9.80 Å². The smallest absolute Gasteiger partial charge is 0.251 e. The lowest BCUT2D eigenvalue weighted by atomic mass is 10.1. The molecule has 0 radical (unpaired) electrons. The van der Waals surface area contributed by atoms with E-state index in [0.29, 0.717) is 10.6 Å². The lowest BCUT2D eigenvalue weighted by Gasteiger charge is -2.37. The van der Waals surface area contributed by atoms with E-state index in [1.807, 2.05) is 25.1 Å². The minimum atomic E-state index is -0.445. The van der Waals surface area contributed by atoms with E-state index in [1.165, 1.54) is 21.8 Å². The quantitative estimate of drug-likeness (QED) is 0.697. The van der Waals surface area contributed by atoms with Crippen LogP contribution >= 0.6 is 11.3 Å². The minimum absolute atomic E-state index is 0.0696. The third-order valence-electron chi connectivity index (χ3n) is 6.21. The molecule has 31 heavy (non-hydrogen) atoms. The monoisotopic (exact) mass is 438 g/mol. The lowest BCUT2D eigenvalue weighted by Crippen LogP contribution is -2.52. The highest BCUT2D eigenvalue weighted by Crippen LogP contribution is 2.38. The molecule has 6 nitrogen and oxygen atoms in total. The molecule has 4 rings (SSSR count). The molecule has 0 bridgehead atoms. The number of piperazine rings is 1. The van der Waals surface area contributed by atoms with Crippen molar-refractivity contribution in [2.24, 2.45) is 5.73 Å². The average Bonchev–Trinajstić information content (AvgIpc) is 3.35. The van der Waals surface area contributed by atoms with E-state index in [0.717, 1.165) is 57.5 Å². The Bertz CT molecular complexity index is 961. The third kappa shape index (κ3) is 5.06. The normalized spacial score (nSPS) is 18.2. The zero-order chi connectivity index (χ0) is 21.8. The highest BCUT2D eigenvalue weighted by atomic mass is 32.1. The second-order valence-electron chi connectivity index (χ2n) is 8.24. The number of nitrogens with two attached hydrogens (primary N) is 1. The van der Waals surface area contributed by atoms with Crippen molar-refractivity contribution in [3.05, 3.63) is 58.0 Å². The SMILES string of the molecule is CC(C(=O)Nc1sc2c(c1C(N)=O)CCC2)N1CCN(C/C=C/c2ccccc2)CC1. The zero-order valence-electron chi connectivity index (χ0n) is 18.0. The molecule has 3 N–H and O–H groups in total. The molecule has 1 fully saturated rings. The van der Waals surface area contributed by atoms with Crippen molar-refractivity contribution in [2.45, 2.75) is 32.2 Å². The number of nitrogens with zero attached hydrogens (tertiary/aromatic N) is 2. The van der Waals surface area contributed by atoms with Crippen LogP contribution in [-0.2, 0) is 17.6 Å². The molecule has 0 saturated carbocycles. The summed E-state index contributed by atoms with van der Waals surface area (Å²) in [7, 11) is 0. The number of hydrogen-bond donors (Lipinski definition) is 2. The van der Waals surface area contributed by atoms with E-state index in [9.17, 15) is 9.59 Å². The molecule has 2 aliphatic rings. The van der Waals surface area contributed by atoms with Gasteiger partial charge in [-0.1, -0.05) is 42.5 Å². The number of carbonyl (C=O) groups is 2. The van der Waals surface area contributed by atoms with Crippen molar-refractivity contribution < 1.29 is 9.59 Å². The topological polar surface area (TPSA) is 78.7 Å². The predicted octanol–water partition coefficient (Wildman–Crippen LogP) is 2.99. The van der Waals surface area contributed by atoms with E-state index in [-0.39, 0.29) is 11.9 Å². The van der Waals surface area contributed by atoms with E-state index in [2.05, 4.69) is 39.4 Å². The fourth-order valence-electron chi connectivity index (χ4n) is 4.37. The van der Waals surface area contributed by atoms with E-state index in [1.54, 1.807) is 0 Å². The first-order chi connectivity index (χ1) is 15.0. The molecule has 1 atom stereocenters. The van der Waals surface area contributed by atoms with Crippen molar-refractivity contribution in [1.29, 1.82) is 0 Å². The number of primary amides is 1. The van der Waals surface area contributed by atoms with Crippen LogP contribution in [0.1, 0.15) is 39.7 Å². The molecule has 0 spiro atoms. The first-order valence-electron chi connectivity index (χ1n) is 11.0. The number of thiophene rings is 1. The first-order valence-corrected chi connectivity index (χ1v) is 11.8. The highest BCUT2D eigenvalue weighted by Gasteiger charge is 2.29. The Kier molecular flexibility index (Phi) is 6.85. The number of amides is 2. The van der Waals surface area contributed by atoms with Gasteiger partial charge in [0.1, 0.15) is 5.00 Å².